The van der Waals surface area contributed by atoms with Gasteiger partial charge in [0.1, 0.15) is 5.75 Å². The van der Waals surface area contributed by atoms with Crippen molar-refractivity contribution in [2.45, 2.75) is 17.4 Å². The van der Waals surface area contributed by atoms with E-state index in [1.807, 2.05) is 0 Å². The van der Waals surface area contributed by atoms with Crippen LogP contribution in [-0.4, -0.2) is 27.6 Å². The van der Waals surface area contributed by atoms with Crippen molar-refractivity contribution in [2.75, 3.05) is 6.61 Å². The molecular weight excluding hydrogens is 318 g/mol. The minimum absolute atomic E-state index is 0.402. The monoisotopic (exact) mass is 324 g/mol. The molecule has 0 bridgehead atoms. The van der Waals surface area contributed by atoms with E-state index >= 15 is 0 Å². The minimum atomic E-state index is -5.06. The molecule has 1 aromatic carbocycles. The van der Waals surface area contributed by atoms with Gasteiger partial charge in [-0.2, -0.15) is 21.6 Å². The molecule has 0 aliphatic carbocycles. The topological polar surface area (TPSA) is 52.6 Å². The van der Waals surface area contributed by atoms with E-state index in [0.717, 1.165) is 18.2 Å². The van der Waals surface area contributed by atoms with Gasteiger partial charge in [-0.3, -0.25) is 4.18 Å². The van der Waals surface area contributed by atoms with Crippen LogP contribution in [0.4, 0.5) is 26.3 Å². The van der Waals surface area contributed by atoms with Crippen LogP contribution in [0.1, 0.15) is 0 Å². The zero-order chi connectivity index (χ0) is 15.6. The van der Waals surface area contributed by atoms with Crippen molar-refractivity contribution in [1.29, 1.82) is 0 Å². The maximum atomic E-state index is 11.9. The molecule has 0 aromatic heterocycles. The largest absolute Gasteiger partial charge is 0.573 e. The summed E-state index contributed by atoms with van der Waals surface area (Å²) in [5.74, 6) is -0.894. The summed E-state index contributed by atoms with van der Waals surface area (Å²) in [6.45, 7) is -2.08. The van der Waals surface area contributed by atoms with Crippen LogP contribution in [-0.2, 0) is 14.3 Å². The summed E-state index contributed by atoms with van der Waals surface area (Å²) in [5.41, 5.74) is 0. The summed E-state index contributed by atoms with van der Waals surface area (Å²) in [6.07, 6.45) is -9.96. The van der Waals surface area contributed by atoms with Crippen molar-refractivity contribution >= 4 is 10.1 Å². The first-order valence-corrected chi connectivity index (χ1v) is 6.12. The third kappa shape index (κ3) is 5.65. The van der Waals surface area contributed by atoms with E-state index < -0.39 is 39.9 Å². The average Bonchev–Trinajstić information content (AvgIpc) is 2.24. The number of hydrogen-bond acceptors (Lipinski definition) is 4. The first-order chi connectivity index (χ1) is 8.89. The van der Waals surface area contributed by atoms with E-state index in [1.165, 1.54) is 0 Å². The van der Waals surface area contributed by atoms with Crippen molar-refractivity contribution < 1.29 is 43.7 Å². The summed E-state index contributed by atoms with van der Waals surface area (Å²) < 4.78 is 101. The summed E-state index contributed by atoms with van der Waals surface area (Å²) in [4.78, 5) is -0.886. The fraction of sp³-hybridized carbons (Fsp3) is 0.333. The zero-order valence-corrected chi connectivity index (χ0v) is 10.1. The lowest BCUT2D eigenvalue weighted by atomic mass is 10.3. The molecule has 0 N–H and O–H groups in total. The Labute approximate surface area is 109 Å². The number of rotatable bonds is 4. The summed E-state index contributed by atoms with van der Waals surface area (Å²) >= 11 is 0. The lowest BCUT2D eigenvalue weighted by molar-refractivity contribution is -0.274. The molecule has 0 aliphatic rings. The Morgan fingerprint density at radius 1 is 1.05 bits per heavy atom. The molecular formula is C9H6F6O4S. The highest BCUT2D eigenvalue weighted by Crippen LogP contribution is 2.26. The second-order valence-corrected chi connectivity index (χ2v) is 4.97. The summed E-state index contributed by atoms with van der Waals surface area (Å²) in [5, 5.41) is 0. The standard InChI is InChI=1S/C9H6F6O4S/c10-8(11,12)5-18-20(16,17)7-3-1-2-6(4-7)19-9(13,14)15/h1-4H,5H2. The second-order valence-electron chi connectivity index (χ2n) is 3.35. The smallest absolute Gasteiger partial charge is 0.406 e. The number of benzene rings is 1. The molecule has 1 aromatic rings. The Balaban J connectivity index is 2.93. The van der Waals surface area contributed by atoms with E-state index in [-0.39, 0.29) is 0 Å². The van der Waals surface area contributed by atoms with Gasteiger partial charge in [-0.15, -0.1) is 13.2 Å². The van der Waals surface area contributed by atoms with Crippen LogP contribution >= 0.6 is 0 Å². The van der Waals surface area contributed by atoms with Crippen LogP contribution in [0.3, 0.4) is 0 Å². The van der Waals surface area contributed by atoms with Gasteiger partial charge in [0.05, 0.1) is 4.90 Å². The molecule has 20 heavy (non-hydrogen) atoms. The molecule has 0 atom stereocenters. The number of hydrogen-bond donors (Lipinski definition) is 0. The minimum Gasteiger partial charge on any atom is -0.406 e. The molecule has 0 radical (unpaired) electrons. The van der Waals surface area contributed by atoms with Crippen LogP contribution in [0.25, 0.3) is 0 Å². The molecule has 11 heteroatoms. The van der Waals surface area contributed by atoms with Gasteiger partial charge >= 0.3 is 12.5 Å². The SMILES string of the molecule is O=S(=O)(OCC(F)(F)F)c1cccc(OC(F)(F)F)c1. The predicted octanol–water partition coefficient (Wildman–Crippen LogP) is 2.85. The number of ether oxygens (including phenoxy) is 1. The third-order valence-electron chi connectivity index (χ3n) is 1.71. The van der Waals surface area contributed by atoms with Crippen LogP contribution in [0.2, 0.25) is 0 Å². The molecule has 114 valence electrons. The Morgan fingerprint density at radius 2 is 1.65 bits per heavy atom. The molecule has 0 saturated carbocycles. The van der Waals surface area contributed by atoms with Crippen LogP contribution < -0.4 is 4.74 Å². The molecule has 0 heterocycles. The van der Waals surface area contributed by atoms with Gasteiger partial charge < -0.3 is 4.74 Å². The maximum absolute atomic E-state index is 11.9. The summed E-state index contributed by atoms with van der Waals surface area (Å²) in [7, 11) is -4.84. The third-order valence-corrected chi connectivity index (χ3v) is 2.96. The van der Waals surface area contributed by atoms with E-state index in [4.69, 9.17) is 0 Å². The highest BCUT2D eigenvalue weighted by atomic mass is 32.2. The maximum Gasteiger partial charge on any atom is 0.573 e. The van der Waals surface area contributed by atoms with Crippen LogP contribution in [0.5, 0.6) is 5.75 Å². The average molecular weight is 324 g/mol. The molecule has 0 aliphatic heterocycles. The van der Waals surface area contributed by atoms with Gasteiger partial charge in [0, 0.05) is 6.07 Å². The fourth-order valence-corrected chi connectivity index (χ4v) is 1.97. The van der Waals surface area contributed by atoms with Crippen molar-refractivity contribution in [3.05, 3.63) is 24.3 Å². The van der Waals surface area contributed by atoms with E-state index in [2.05, 4.69) is 8.92 Å². The Kier molecular flexibility index (Phi) is 4.54. The molecule has 0 amide bonds. The number of halogens is 6. The lowest BCUT2D eigenvalue weighted by Gasteiger charge is -2.11. The Morgan fingerprint density at radius 3 is 2.15 bits per heavy atom. The van der Waals surface area contributed by atoms with Crippen LogP contribution in [0, 0.1) is 0 Å². The van der Waals surface area contributed by atoms with Gasteiger partial charge in [-0.05, 0) is 12.1 Å². The molecule has 4 nitrogen and oxygen atoms in total. The first-order valence-electron chi connectivity index (χ1n) is 4.71. The quantitative estimate of drug-likeness (QED) is 0.631. The van der Waals surface area contributed by atoms with E-state index in [0.29, 0.717) is 6.07 Å². The predicted molar refractivity (Wildman–Crippen MR) is 52.3 cm³/mol. The Bertz CT molecular complexity index is 563. The van der Waals surface area contributed by atoms with Gasteiger partial charge in [0.2, 0.25) is 0 Å². The first kappa shape index (κ1) is 16.6. The highest BCUT2D eigenvalue weighted by molar-refractivity contribution is 7.86. The van der Waals surface area contributed by atoms with E-state index in [1.54, 1.807) is 0 Å². The summed E-state index contributed by atoms with van der Waals surface area (Å²) in [6, 6.07) is 2.83. The van der Waals surface area contributed by atoms with Crippen LogP contribution in [0.15, 0.2) is 29.2 Å². The van der Waals surface area contributed by atoms with E-state index in [9.17, 15) is 34.8 Å². The molecule has 0 spiro atoms. The number of alkyl halides is 6. The Hall–Kier alpha value is -1.49. The van der Waals surface area contributed by atoms with Crippen molar-refractivity contribution in [3.63, 3.8) is 0 Å². The highest BCUT2D eigenvalue weighted by Gasteiger charge is 2.33. The lowest BCUT2D eigenvalue weighted by Crippen LogP contribution is -2.21. The van der Waals surface area contributed by atoms with Crippen molar-refractivity contribution in [3.8, 4) is 5.75 Å². The van der Waals surface area contributed by atoms with Gasteiger partial charge in [-0.25, -0.2) is 0 Å². The zero-order valence-electron chi connectivity index (χ0n) is 9.33. The fourth-order valence-electron chi connectivity index (χ4n) is 1.04. The molecule has 0 saturated heterocycles. The van der Waals surface area contributed by atoms with Crippen molar-refractivity contribution in [1.82, 2.24) is 0 Å². The van der Waals surface area contributed by atoms with Gasteiger partial charge in [0.25, 0.3) is 10.1 Å². The molecule has 0 fully saturated rings. The molecule has 0 unspecified atom stereocenters. The normalized spacial score (nSPS) is 13.3. The molecule has 1 rings (SSSR count). The van der Waals surface area contributed by atoms with Gasteiger partial charge in [0.15, 0.2) is 6.61 Å². The van der Waals surface area contributed by atoms with Gasteiger partial charge in [-0.1, -0.05) is 6.07 Å². The second kappa shape index (κ2) is 5.48. The van der Waals surface area contributed by atoms with Crippen molar-refractivity contribution in [2.24, 2.45) is 0 Å².